The number of rotatable bonds is 3. The molecule has 3 nitrogen and oxygen atoms in total. The molecule has 2 aliphatic rings. The standard InChI is InChI=1S/C22H24N2O/c1-16-11-18(14-23)7-10-21(16)22(25)12-19-8-9-20(13-22)24(19)15-17-5-3-2-4-6-17/h2-7,10-11,19-20,25H,8-9,12-13,15H2,1H3. The lowest BCUT2D eigenvalue weighted by molar-refractivity contribution is -0.0598. The van der Waals surface area contributed by atoms with Crippen molar-refractivity contribution in [3.63, 3.8) is 0 Å². The van der Waals surface area contributed by atoms with Crippen molar-refractivity contribution in [2.24, 2.45) is 0 Å². The number of fused-ring (bicyclic) bond motifs is 2. The minimum atomic E-state index is -0.767. The Balaban J connectivity index is 1.57. The Hall–Kier alpha value is -2.15. The predicted molar refractivity (Wildman–Crippen MR) is 97.8 cm³/mol. The second kappa shape index (κ2) is 6.29. The third-order valence-corrected chi connectivity index (χ3v) is 5.98. The summed E-state index contributed by atoms with van der Waals surface area (Å²) in [6.45, 7) is 2.98. The first-order valence-corrected chi connectivity index (χ1v) is 9.12. The summed E-state index contributed by atoms with van der Waals surface area (Å²) in [6.07, 6.45) is 3.89. The quantitative estimate of drug-likeness (QED) is 0.928. The fourth-order valence-corrected chi connectivity index (χ4v) is 4.84. The summed E-state index contributed by atoms with van der Waals surface area (Å²) in [5.41, 5.74) is 3.27. The average molecular weight is 332 g/mol. The van der Waals surface area contributed by atoms with Gasteiger partial charge in [0.1, 0.15) is 0 Å². The minimum Gasteiger partial charge on any atom is -0.385 e. The number of hydrogen-bond donors (Lipinski definition) is 1. The minimum absolute atomic E-state index is 0.430. The van der Waals surface area contributed by atoms with Crippen LogP contribution >= 0.6 is 0 Å². The van der Waals surface area contributed by atoms with Gasteiger partial charge in [0.2, 0.25) is 0 Å². The molecule has 2 aromatic carbocycles. The van der Waals surface area contributed by atoms with Crippen LogP contribution in [0.2, 0.25) is 0 Å². The number of nitrogens with zero attached hydrogens (tertiary/aromatic N) is 2. The van der Waals surface area contributed by atoms with E-state index < -0.39 is 5.60 Å². The van der Waals surface area contributed by atoms with Gasteiger partial charge in [0.15, 0.2) is 0 Å². The molecular formula is C22H24N2O. The normalized spacial score (nSPS) is 28.7. The van der Waals surface area contributed by atoms with Crippen molar-refractivity contribution in [2.75, 3.05) is 0 Å². The number of piperidine rings is 1. The van der Waals surface area contributed by atoms with Crippen LogP contribution in [0.15, 0.2) is 48.5 Å². The zero-order valence-electron chi connectivity index (χ0n) is 14.7. The predicted octanol–water partition coefficient (Wildman–Crippen LogP) is 3.88. The van der Waals surface area contributed by atoms with Crippen molar-refractivity contribution < 1.29 is 5.11 Å². The molecular weight excluding hydrogens is 308 g/mol. The second-order valence-corrected chi connectivity index (χ2v) is 7.62. The smallest absolute Gasteiger partial charge is 0.0991 e. The van der Waals surface area contributed by atoms with Crippen molar-refractivity contribution >= 4 is 0 Å². The van der Waals surface area contributed by atoms with Crippen LogP contribution in [0, 0.1) is 18.3 Å². The van der Waals surface area contributed by atoms with Gasteiger partial charge in [-0.15, -0.1) is 0 Å². The summed E-state index contributed by atoms with van der Waals surface area (Å²) in [4.78, 5) is 2.59. The van der Waals surface area contributed by atoms with Crippen molar-refractivity contribution in [3.05, 3.63) is 70.8 Å². The van der Waals surface area contributed by atoms with Crippen LogP contribution in [0.1, 0.15) is 47.9 Å². The first-order valence-electron chi connectivity index (χ1n) is 9.12. The Morgan fingerprint density at radius 1 is 1.12 bits per heavy atom. The van der Waals surface area contributed by atoms with Crippen molar-refractivity contribution in [3.8, 4) is 6.07 Å². The van der Waals surface area contributed by atoms with Crippen LogP contribution < -0.4 is 0 Å². The summed E-state index contributed by atoms with van der Waals surface area (Å²) in [5, 5.41) is 20.5. The number of aliphatic hydroxyl groups is 1. The molecule has 2 fully saturated rings. The summed E-state index contributed by atoms with van der Waals surface area (Å²) in [6, 6.07) is 19.3. The Kier molecular flexibility index (Phi) is 4.11. The molecule has 4 rings (SSSR count). The Labute approximate surface area is 149 Å². The SMILES string of the molecule is Cc1cc(C#N)ccc1C1(O)CC2CCC(C1)N2Cc1ccccc1. The molecule has 0 amide bonds. The molecule has 25 heavy (non-hydrogen) atoms. The van der Waals surface area contributed by atoms with E-state index in [-0.39, 0.29) is 0 Å². The van der Waals surface area contributed by atoms with E-state index in [1.807, 2.05) is 25.1 Å². The van der Waals surface area contributed by atoms with E-state index in [1.54, 1.807) is 0 Å². The maximum atomic E-state index is 11.4. The number of hydrogen-bond acceptors (Lipinski definition) is 3. The molecule has 0 aliphatic carbocycles. The van der Waals surface area contributed by atoms with E-state index in [0.717, 1.165) is 43.4 Å². The highest BCUT2D eigenvalue weighted by molar-refractivity contribution is 5.41. The summed E-state index contributed by atoms with van der Waals surface area (Å²) in [5.74, 6) is 0. The summed E-state index contributed by atoms with van der Waals surface area (Å²) < 4.78 is 0. The van der Waals surface area contributed by atoms with Gasteiger partial charge < -0.3 is 5.11 Å². The van der Waals surface area contributed by atoms with Gasteiger partial charge in [-0.05, 0) is 61.4 Å². The highest BCUT2D eigenvalue weighted by Crippen LogP contribution is 2.47. The highest BCUT2D eigenvalue weighted by atomic mass is 16.3. The maximum absolute atomic E-state index is 11.4. The van der Waals surface area contributed by atoms with Gasteiger partial charge in [-0.25, -0.2) is 0 Å². The molecule has 0 spiro atoms. The van der Waals surface area contributed by atoms with E-state index >= 15 is 0 Å². The van der Waals surface area contributed by atoms with Crippen LogP contribution in [0.25, 0.3) is 0 Å². The summed E-state index contributed by atoms with van der Waals surface area (Å²) >= 11 is 0. The fraction of sp³-hybridized carbons (Fsp3) is 0.409. The van der Waals surface area contributed by atoms with E-state index in [9.17, 15) is 5.11 Å². The van der Waals surface area contributed by atoms with Crippen LogP contribution in [0.4, 0.5) is 0 Å². The fourth-order valence-electron chi connectivity index (χ4n) is 4.84. The van der Waals surface area contributed by atoms with Crippen molar-refractivity contribution in [1.29, 1.82) is 5.26 Å². The van der Waals surface area contributed by atoms with Crippen LogP contribution in [-0.4, -0.2) is 22.1 Å². The molecule has 2 aliphatic heterocycles. The molecule has 2 aromatic rings. The van der Waals surface area contributed by atoms with E-state index in [2.05, 4.69) is 41.3 Å². The van der Waals surface area contributed by atoms with Crippen LogP contribution in [0.5, 0.6) is 0 Å². The average Bonchev–Trinajstić information content (AvgIpc) is 2.86. The van der Waals surface area contributed by atoms with Gasteiger partial charge in [0.25, 0.3) is 0 Å². The first-order chi connectivity index (χ1) is 12.1. The van der Waals surface area contributed by atoms with Gasteiger partial charge in [-0.1, -0.05) is 36.4 Å². The van der Waals surface area contributed by atoms with Crippen molar-refractivity contribution in [1.82, 2.24) is 4.90 Å². The number of nitriles is 1. The third-order valence-electron chi connectivity index (χ3n) is 5.98. The van der Waals surface area contributed by atoms with Gasteiger partial charge in [-0.3, -0.25) is 4.90 Å². The number of benzene rings is 2. The lowest BCUT2D eigenvalue weighted by Gasteiger charge is -2.44. The highest BCUT2D eigenvalue weighted by Gasteiger charge is 2.48. The van der Waals surface area contributed by atoms with Crippen molar-refractivity contribution in [2.45, 2.75) is 56.8 Å². The molecule has 128 valence electrons. The first kappa shape index (κ1) is 16.3. The topological polar surface area (TPSA) is 47.3 Å². The van der Waals surface area contributed by atoms with Gasteiger partial charge >= 0.3 is 0 Å². The molecule has 2 heterocycles. The number of aryl methyl sites for hydroxylation is 1. The van der Waals surface area contributed by atoms with E-state index in [0.29, 0.717) is 17.6 Å². The third kappa shape index (κ3) is 2.97. The van der Waals surface area contributed by atoms with E-state index in [1.165, 1.54) is 5.56 Å². The lowest BCUT2D eigenvalue weighted by Crippen LogP contribution is -2.49. The molecule has 0 radical (unpaired) electrons. The molecule has 2 saturated heterocycles. The van der Waals surface area contributed by atoms with Crippen LogP contribution in [0.3, 0.4) is 0 Å². The molecule has 3 heteroatoms. The van der Waals surface area contributed by atoms with Gasteiger partial charge in [-0.2, -0.15) is 5.26 Å². The molecule has 2 atom stereocenters. The Bertz CT molecular complexity index is 795. The zero-order valence-corrected chi connectivity index (χ0v) is 14.7. The van der Waals surface area contributed by atoms with Crippen LogP contribution in [-0.2, 0) is 12.1 Å². The second-order valence-electron chi connectivity index (χ2n) is 7.62. The molecule has 0 saturated carbocycles. The zero-order chi connectivity index (χ0) is 17.4. The Morgan fingerprint density at radius 2 is 1.80 bits per heavy atom. The Morgan fingerprint density at radius 3 is 2.40 bits per heavy atom. The van der Waals surface area contributed by atoms with E-state index in [4.69, 9.17) is 5.26 Å². The molecule has 0 aromatic heterocycles. The largest absolute Gasteiger partial charge is 0.385 e. The summed E-state index contributed by atoms with van der Waals surface area (Å²) in [7, 11) is 0. The molecule has 2 bridgehead atoms. The molecule has 2 unspecified atom stereocenters. The van der Waals surface area contributed by atoms with Gasteiger partial charge in [0, 0.05) is 18.6 Å². The monoisotopic (exact) mass is 332 g/mol. The maximum Gasteiger partial charge on any atom is 0.0991 e. The lowest BCUT2D eigenvalue weighted by atomic mass is 9.78. The molecule has 1 N–H and O–H groups in total. The van der Waals surface area contributed by atoms with Gasteiger partial charge in [0.05, 0.1) is 17.2 Å².